The van der Waals surface area contributed by atoms with E-state index in [1.54, 1.807) is 78.9 Å². The van der Waals surface area contributed by atoms with Gasteiger partial charge in [-0.05, 0) is 96.4 Å². The van der Waals surface area contributed by atoms with Crippen molar-refractivity contribution in [3.8, 4) is 23.0 Å². The van der Waals surface area contributed by atoms with E-state index < -0.39 is 5.97 Å². The monoisotopic (exact) mass is 572 g/mol. The van der Waals surface area contributed by atoms with Crippen LogP contribution in [0, 0.1) is 0 Å². The van der Waals surface area contributed by atoms with E-state index in [0.29, 0.717) is 52.2 Å². The van der Waals surface area contributed by atoms with E-state index in [2.05, 4.69) is 10.5 Å². The number of halogens is 1. The lowest BCUT2D eigenvalue weighted by Gasteiger charge is -2.10. The first-order chi connectivity index (χ1) is 19.9. The van der Waals surface area contributed by atoms with Gasteiger partial charge in [-0.1, -0.05) is 30.7 Å². The number of carbonyl (C=O) groups is 2. The SMILES string of the molecule is CCCOc1ccc(C(=O)Oc2ccc(/C=N\NC(=O)c3ccc(OCc4ccc(Cl)cc4)cc3)cc2OC)cc1. The highest BCUT2D eigenvalue weighted by Crippen LogP contribution is 2.28. The van der Waals surface area contributed by atoms with Gasteiger partial charge in [0.1, 0.15) is 18.1 Å². The number of hydrogen-bond acceptors (Lipinski definition) is 7. The molecule has 8 nitrogen and oxygen atoms in total. The molecule has 1 amide bonds. The van der Waals surface area contributed by atoms with Crippen LogP contribution in [0.2, 0.25) is 5.02 Å². The number of hydrazone groups is 1. The summed E-state index contributed by atoms with van der Waals surface area (Å²) in [6.07, 6.45) is 2.36. The summed E-state index contributed by atoms with van der Waals surface area (Å²) >= 11 is 5.90. The zero-order valence-corrected chi connectivity index (χ0v) is 23.4. The van der Waals surface area contributed by atoms with Gasteiger partial charge >= 0.3 is 5.97 Å². The number of carbonyl (C=O) groups excluding carboxylic acids is 2. The van der Waals surface area contributed by atoms with Gasteiger partial charge in [-0.2, -0.15) is 5.10 Å². The first kappa shape index (κ1) is 29.2. The average molecular weight is 573 g/mol. The number of hydrogen-bond donors (Lipinski definition) is 1. The molecule has 4 aromatic rings. The highest BCUT2D eigenvalue weighted by atomic mass is 35.5. The van der Waals surface area contributed by atoms with Crippen molar-refractivity contribution in [3.05, 3.63) is 118 Å². The maximum absolute atomic E-state index is 12.6. The molecule has 0 spiro atoms. The van der Waals surface area contributed by atoms with Gasteiger partial charge in [0.15, 0.2) is 11.5 Å². The van der Waals surface area contributed by atoms with Crippen LogP contribution >= 0.6 is 11.6 Å². The number of esters is 1. The second kappa shape index (κ2) is 14.5. The van der Waals surface area contributed by atoms with Gasteiger partial charge in [-0.3, -0.25) is 4.79 Å². The van der Waals surface area contributed by atoms with Gasteiger partial charge in [0.05, 0.1) is 25.5 Å². The number of nitrogens with one attached hydrogen (secondary N) is 1. The van der Waals surface area contributed by atoms with Crippen LogP contribution in [-0.4, -0.2) is 31.8 Å². The van der Waals surface area contributed by atoms with E-state index in [1.165, 1.54) is 13.3 Å². The minimum atomic E-state index is -0.527. The fraction of sp³-hybridized carbons (Fsp3) is 0.156. The smallest absolute Gasteiger partial charge is 0.343 e. The lowest BCUT2D eigenvalue weighted by atomic mass is 10.2. The summed E-state index contributed by atoms with van der Waals surface area (Å²) in [6.45, 7) is 3.01. The van der Waals surface area contributed by atoms with Crippen molar-refractivity contribution in [1.29, 1.82) is 0 Å². The molecule has 0 fully saturated rings. The topological polar surface area (TPSA) is 95.5 Å². The molecule has 1 N–H and O–H groups in total. The normalized spacial score (nSPS) is 10.7. The Morgan fingerprint density at radius 1 is 0.829 bits per heavy atom. The summed E-state index contributed by atoms with van der Waals surface area (Å²) in [6, 6.07) is 25.8. The quantitative estimate of drug-likeness (QED) is 0.0878. The molecule has 0 aromatic heterocycles. The number of ether oxygens (including phenoxy) is 4. The van der Waals surface area contributed by atoms with Crippen LogP contribution in [0.4, 0.5) is 0 Å². The van der Waals surface area contributed by atoms with Crippen LogP contribution in [-0.2, 0) is 6.61 Å². The highest BCUT2D eigenvalue weighted by molar-refractivity contribution is 6.30. The molecule has 0 radical (unpaired) electrons. The lowest BCUT2D eigenvalue weighted by molar-refractivity contribution is 0.0729. The average Bonchev–Trinajstić information content (AvgIpc) is 3.00. The summed E-state index contributed by atoms with van der Waals surface area (Å²) in [5.74, 6) is 1.00. The first-order valence-corrected chi connectivity index (χ1v) is 13.3. The maximum atomic E-state index is 12.6. The molecule has 0 aliphatic rings. The molecule has 210 valence electrons. The fourth-order valence-corrected chi connectivity index (χ4v) is 3.72. The molecule has 0 saturated heterocycles. The van der Waals surface area contributed by atoms with Gasteiger partial charge in [0.2, 0.25) is 0 Å². The zero-order chi connectivity index (χ0) is 29.0. The predicted molar refractivity (Wildman–Crippen MR) is 157 cm³/mol. The van der Waals surface area contributed by atoms with Gasteiger partial charge in [-0.15, -0.1) is 0 Å². The molecule has 0 bridgehead atoms. The van der Waals surface area contributed by atoms with Gasteiger partial charge < -0.3 is 18.9 Å². The third-order valence-electron chi connectivity index (χ3n) is 5.77. The molecule has 0 aliphatic heterocycles. The number of benzene rings is 4. The third kappa shape index (κ3) is 8.58. The fourth-order valence-electron chi connectivity index (χ4n) is 3.59. The predicted octanol–water partition coefficient (Wildman–Crippen LogP) is 6.70. The van der Waals surface area contributed by atoms with Crippen LogP contribution in [0.3, 0.4) is 0 Å². The van der Waals surface area contributed by atoms with Gasteiger partial charge in [-0.25, -0.2) is 10.2 Å². The van der Waals surface area contributed by atoms with E-state index in [-0.39, 0.29) is 11.7 Å². The van der Waals surface area contributed by atoms with Crippen molar-refractivity contribution >= 4 is 29.7 Å². The molecule has 0 unspecified atom stereocenters. The Morgan fingerprint density at radius 2 is 1.49 bits per heavy atom. The number of nitrogens with zero attached hydrogens (tertiary/aromatic N) is 1. The maximum Gasteiger partial charge on any atom is 0.343 e. The van der Waals surface area contributed by atoms with Crippen molar-refractivity contribution in [3.63, 3.8) is 0 Å². The van der Waals surface area contributed by atoms with E-state index in [1.807, 2.05) is 19.1 Å². The third-order valence-corrected chi connectivity index (χ3v) is 6.02. The molecule has 41 heavy (non-hydrogen) atoms. The van der Waals surface area contributed by atoms with E-state index in [4.69, 9.17) is 30.5 Å². The minimum Gasteiger partial charge on any atom is -0.494 e. The Bertz CT molecular complexity index is 1490. The second-order valence-electron chi connectivity index (χ2n) is 8.81. The molecule has 0 atom stereocenters. The minimum absolute atomic E-state index is 0.253. The molecule has 4 aromatic carbocycles. The summed E-state index contributed by atoms with van der Waals surface area (Å²) in [4.78, 5) is 25.1. The van der Waals surface area contributed by atoms with E-state index in [9.17, 15) is 9.59 Å². The molecule has 4 rings (SSSR count). The molecule has 9 heteroatoms. The van der Waals surface area contributed by atoms with Crippen LogP contribution in [0.1, 0.15) is 45.2 Å². The van der Waals surface area contributed by atoms with Gasteiger partial charge in [0, 0.05) is 10.6 Å². The number of rotatable bonds is 12. The number of methoxy groups -OCH3 is 1. The summed E-state index contributed by atoms with van der Waals surface area (Å²) in [5.41, 5.74) is 4.91. The van der Waals surface area contributed by atoms with Crippen LogP contribution in [0.25, 0.3) is 0 Å². The Morgan fingerprint density at radius 3 is 2.15 bits per heavy atom. The Hall–Kier alpha value is -4.82. The Kier molecular flexibility index (Phi) is 10.3. The molecule has 0 aliphatic carbocycles. The van der Waals surface area contributed by atoms with Crippen molar-refractivity contribution in [2.45, 2.75) is 20.0 Å². The Labute approximate surface area is 243 Å². The summed E-state index contributed by atoms with van der Waals surface area (Å²) in [7, 11) is 1.47. The Balaban J connectivity index is 1.30. The largest absolute Gasteiger partial charge is 0.494 e. The van der Waals surface area contributed by atoms with Crippen molar-refractivity contribution in [2.75, 3.05) is 13.7 Å². The number of amides is 1. The van der Waals surface area contributed by atoms with Gasteiger partial charge in [0.25, 0.3) is 5.91 Å². The van der Waals surface area contributed by atoms with Crippen LogP contribution in [0.15, 0.2) is 96.1 Å². The molecule has 0 heterocycles. The summed E-state index contributed by atoms with van der Waals surface area (Å²) in [5, 5.41) is 4.69. The molecular weight excluding hydrogens is 544 g/mol. The zero-order valence-electron chi connectivity index (χ0n) is 22.6. The molecule has 0 saturated carbocycles. The van der Waals surface area contributed by atoms with E-state index in [0.717, 1.165) is 12.0 Å². The van der Waals surface area contributed by atoms with Crippen molar-refractivity contribution in [1.82, 2.24) is 5.43 Å². The first-order valence-electron chi connectivity index (χ1n) is 12.9. The van der Waals surface area contributed by atoms with E-state index >= 15 is 0 Å². The van der Waals surface area contributed by atoms with Crippen LogP contribution in [0.5, 0.6) is 23.0 Å². The van der Waals surface area contributed by atoms with Crippen molar-refractivity contribution in [2.24, 2.45) is 5.10 Å². The van der Waals surface area contributed by atoms with Crippen molar-refractivity contribution < 1.29 is 28.5 Å². The lowest BCUT2D eigenvalue weighted by Crippen LogP contribution is -2.17. The molecular formula is C32H29ClN2O6. The standard InChI is InChI=1S/C32H29ClN2O6/c1-3-18-39-27-15-9-25(10-16-27)32(37)41-29-17-6-23(19-30(29)38-2)20-34-35-31(36)24-7-13-28(14-8-24)40-21-22-4-11-26(33)12-5-22/h4-17,19-20H,3,18,21H2,1-2H3,(H,35,36)/b34-20-. The highest BCUT2D eigenvalue weighted by Gasteiger charge is 2.13. The summed E-state index contributed by atoms with van der Waals surface area (Å²) < 4.78 is 22.2. The second-order valence-corrected chi connectivity index (χ2v) is 9.25. The van der Waals surface area contributed by atoms with Crippen LogP contribution < -0.4 is 24.4 Å².